The molecule has 0 spiro atoms. The molecule has 0 aromatic heterocycles. The van der Waals surface area contributed by atoms with E-state index < -0.39 is 4.92 Å². The highest BCUT2D eigenvalue weighted by molar-refractivity contribution is 5.95. The zero-order chi connectivity index (χ0) is 20.3. The molecule has 28 heavy (non-hydrogen) atoms. The summed E-state index contributed by atoms with van der Waals surface area (Å²) in [6.45, 7) is 10.8. The molecule has 0 radical (unpaired) electrons. The molecule has 2 heterocycles. The summed E-state index contributed by atoms with van der Waals surface area (Å²) in [6.07, 6.45) is 2.98. The van der Waals surface area contributed by atoms with E-state index in [9.17, 15) is 14.9 Å². The zero-order valence-corrected chi connectivity index (χ0v) is 16.6. The molecule has 3 atom stereocenters. The van der Waals surface area contributed by atoms with Gasteiger partial charge in [0.2, 0.25) is 0 Å². The van der Waals surface area contributed by atoms with Crippen LogP contribution in [0, 0.1) is 22.0 Å². The van der Waals surface area contributed by atoms with Crippen molar-refractivity contribution in [3.63, 3.8) is 0 Å². The summed E-state index contributed by atoms with van der Waals surface area (Å²) in [6, 6.07) is 4.78. The van der Waals surface area contributed by atoms with Crippen LogP contribution >= 0.6 is 0 Å². The number of anilines is 1. The second kappa shape index (κ2) is 8.73. The quantitative estimate of drug-likeness (QED) is 0.458. The summed E-state index contributed by atoms with van der Waals surface area (Å²) in [7, 11) is 0. The number of hydrogen-bond donors (Lipinski definition) is 1. The van der Waals surface area contributed by atoms with Gasteiger partial charge in [-0.2, -0.15) is 0 Å². The number of carbonyl (C=O) groups excluding carboxylic acids is 1. The fourth-order valence-corrected chi connectivity index (χ4v) is 4.20. The van der Waals surface area contributed by atoms with E-state index in [-0.39, 0.29) is 23.6 Å². The van der Waals surface area contributed by atoms with E-state index in [2.05, 4.69) is 23.7 Å². The number of amides is 1. The van der Waals surface area contributed by atoms with E-state index in [1.165, 1.54) is 6.07 Å². The molecule has 2 fully saturated rings. The van der Waals surface area contributed by atoms with Crippen molar-refractivity contribution in [3.8, 4) is 0 Å². The Kier molecular flexibility index (Phi) is 6.34. The first-order valence-corrected chi connectivity index (χ1v) is 9.95. The molecule has 7 heteroatoms. The van der Waals surface area contributed by atoms with Gasteiger partial charge in [-0.1, -0.05) is 19.1 Å². The molecule has 1 N–H and O–H groups in total. The smallest absolute Gasteiger partial charge is 0.293 e. The number of nitro benzene ring substituents is 1. The monoisotopic (exact) mass is 387 g/mol. The molecular formula is C21H29N3O4. The third kappa shape index (κ3) is 4.52. The molecule has 3 rings (SSSR count). The average molecular weight is 387 g/mol. The molecule has 1 amide bonds. The van der Waals surface area contributed by atoms with Gasteiger partial charge in [0, 0.05) is 43.8 Å². The second-order valence-electron chi connectivity index (χ2n) is 8.05. The van der Waals surface area contributed by atoms with Crippen LogP contribution in [-0.2, 0) is 4.74 Å². The van der Waals surface area contributed by atoms with Gasteiger partial charge in [0.15, 0.2) is 0 Å². The highest BCUT2D eigenvalue weighted by Gasteiger charge is 2.29. The van der Waals surface area contributed by atoms with Gasteiger partial charge in [0.1, 0.15) is 5.69 Å². The van der Waals surface area contributed by atoms with E-state index in [1.807, 2.05) is 6.92 Å². The number of nitrogens with one attached hydrogen (secondary N) is 1. The Morgan fingerprint density at radius 2 is 2.21 bits per heavy atom. The number of benzene rings is 1. The number of piperidine rings is 1. The van der Waals surface area contributed by atoms with Crippen LogP contribution in [-0.4, -0.2) is 43.2 Å². The standard InChI is InChI=1S/C21H29N3O4/c1-14(2)20-17(8-10-28-20)12-22-21(25)16-6-7-18(19(11-16)24(26)27)23-9-4-5-15(3)13-23/h6-7,11,15,17,20H,1,4-5,8-10,12-13H2,2-3H3,(H,22,25)/t15-,17+,20+/m1/s1. The first-order chi connectivity index (χ1) is 13.4. The predicted molar refractivity (Wildman–Crippen MR) is 109 cm³/mol. The van der Waals surface area contributed by atoms with Crippen LogP contribution in [0.2, 0.25) is 0 Å². The summed E-state index contributed by atoms with van der Waals surface area (Å²) in [5, 5.41) is 14.5. The number of nitrogens with zero attached hydrogens (tertiary/aromatic N) is 2. The molecule has 0 aliphatic carbocycles. The number of hydrogen-bond acceptors (Lipinski definition) is 5. The zero-order valence-electron chi connectivity index (χ0n) is 16.6. The maximum absolute atomic E-state index is 12.6. The van der Waals surface area contributed by atoms with E-state index in [0.29, 0.717) is 30.3 Å². The third-order valence-corrected chi connectivity index (χ3v) is 5.66. The fourth-order valence-electron chi connectivity index (χ4n) is 4.20. The number of rotatable bonds is 6. The number of nitro groups is 1. The minimum Gasteiger partial charge on any atom is -0.374 e. The average Bonchev–Trinajstić information content (AvgIpc) is 3.14. The second-order valence-corrected chi connectivity index (χ2v) is 8.05. The third-order valence-electron chi connectivity index (χ3n) is 5.66. The summed E-state index contributed by atoms with van der Waals surface area (Å²) in [5.41, 5.74) is 1.85. The Balaban J connectivity index is 1.71. The van der Waals surface area contributed by atoms with E-state index in [0.717, 1.165) is 37.9 Å². The first kappa shape index (κ1) is 20.3. The van der Waals surface area contributed by atoms with Crippen LogP contribution in [0.25, 0.3) is 0 Å². The van der Waals surface area contributed by atoms with Gasteiger partial charge in [-0.05, 0) is 44.2 Å². The van der Waals surface area contributed by atoms with Gasteiger partial charge in [-0.25, -0.2) is 0 Å². The maximum atomic E-state index is 12.6. The molecule has 2 saturated heterocycles. The lowest BCUT2D eigenvalue weighted by molar-refractivity contribution is -0.384. The molecular weight excluding hydrogens is 358 g/mol. The lowest BCUT2D eigenvalue weighted by atomic mass is 9.96. The van der Waals surface area contributed by atoms with Gasteiger partial charge in [0.05, 0.1) is 11.0 Å². The highest BCUT2D eigenvalue weighted by atomic mass is 16.6. The summed E-state index contributed by atoms with van der Waals surface area (Å²) in [4.78, 5) is 25.9. The normalized spacial score (nSPS) is 24.8. The predicted octanol–water partition coefficient (Wildman–Crippen LogP) is 3.54. The number of carbonyl (C=O) groups is 1. The molecule has 0 saturated carbocycles. The van der Waals surface area contributed by atoms with Crippen molar-refractivity contribution in [3.05, 3.63) is 46.0 Å². The van der Waals surface area contributed by atoms with Crippen LogP contribution in [0.1, 0.15) is 43.5 Å². The summed E-state index contributed by atoms with van der Waals surface area (Å²) in [5.74, 6) is 0.394. The molecule has 1 aromatic carbocycles. The van der Waals surface area contributed by atoms with Gasteiger partial charge < -0.3 is 15.0 Å². The molecule has 2 aliphatic rings. The van der Waals surface area contributed by atoms with Gasteiger partial charge in [-0.3, -0.25) is 14.9 Å². The lowest BCUT2D eigenvalue weighted by Gasteiger charge is -2.32. The molecule has 7 nitrogen and oxygen atoms in total. The van der Waals surface area contributed by atoms with Crippen molar-refractivity contribution in [1.29, 1.82) is 0 Å². The topological polar surface area (TPSA) is 84.7 Å². The van der Waals surface area contributed by atoms with Crippen LogP contribution in [0.15, 0.2) is 30.4 Å². The fraction of sp³-hybridized carbons (Fsp3) is 0.571. The molecule has 1 aromatic rings. The van der Waals surface area contributed by atoms with Crippen molar-refractivity contribution in [2.45, 2.75) is 39.2 Å². The summed E-state index contributed by atoms with van der Waals surface area (Å²) >= 11 is 0. The van der Waals surface area contributed by atoms with Crippen molar-refractivity contribution in [1.82, 2.24) is 5.32 Å². The highest BCUT2D eigenvalue weighted by Crippen LogP contribution is 2.32. The van der Waals surface area contributed by atoms with Crippen molar-refractivity contribution >= 4 is 17.3 Å². The Morgan fingerprint density at radius 3 is 2.89 bits per heavy atom. The maximum Gasteiger partial charge on any atom is 0.293 e. The van der Waals surface area contributed by atoms with E-state index >= 15 is 0 Å². The van der Waals surface area contributed by atoms with Crippen molar-refractivity contribution < 1.29 is 14.5 Å². The first-order valence-electron chi connectivity index (χ1n) is 9.95. The van der Waals surface area contributed by atoms with Gasteiger partial charge in [0.25, 0.3) is 11.6 Å². The van der Waals surface area contributed by atoms with Crippen molar-refractivity contribution in [2.24, 2.45) is 11.8 Å². The minimum atomic E-state index is -0.396. The number of ether oxygens (including phenoxy) is 1. The molecule has 0 bridgehead atoms. The Morgan fingerprint density at radius 1 is 1.43 bits per heavy atom. The van der Waals surface area contributed by atoms with Crippen LogP contribution < -0.4 is 10.2 Å². The SMILES string of the molecule is C=C(C)[C@@H]1OCC[C@H]1CNC(=O)c1ccc(N2CCC[C@@H](C)C2)c([N+](=O)[O-])c1. The minimum absolute atomic E-state index is 0.00855. The van der Waals surface area contributed by atoms with Crippen LogP contribution in [0.4, 0.5) is 11.4 Å². The summed E-state index contributed by atoms with van der Waals surface area (Å²) < 4.78 is 5.66. The lowest BCUT2D eigenvalue weighted by Crippen LogP contribution is -2.35. The van der Waals surface area contributed by atoms with Crippen LogP contribution in [0.5, 0.6) is 0 Å². The Labute approximate surface area is 165 Å². The largest absolute Gasteiger partial charge is 0.374 e. The van der Waals surface area contributed by atoms with Crippen molar-refractivity contribution in [2.75, 3.05) is 31.1 Å². The van der Waals surface area contributed by atoms with Gasteiger partial charge in [-0.15, -0.1) is 0 Å². The van der Waals surface area contributed by atoms with E-state index in [1.54, 1.807) is 12.1 Å². The molecule has 2 aliphatic heterocycles. The van der Waals surface area contributed by atoms with Crippen LogP contribution in [0.3, 0.4) is 0 Å². The molecule has 152 valence electrons. The Hall–Kier alpha value is -2.41. The molecule has 0 unspecified atom stereocenters. The van der Waals surface area contributed by atoms with E-state index in [4.69, 9.17) is 4.74 Å². The van der Waals surface area contributed by atoms with Gasteiger partial charge >= 0.3 is 0 Å². The Bertz CT molecular complexity index is 764.